The predicted octanol–water partition coefficient (Wildman–Crippen LogP) is 4.42. The maximum atomic E-state index is 12.0. The molecule has 7 heteroatoms. The molecule has 1 saturated heterocycles. The quantitative estimate of drug-likeness (QED) is 0.410. The standard InChI is InChI=1S/C12H9Br2ClN2OS/c13-4-7-1-12(18)17(5-7)10-2-8(14)11(19-6-16)3-9(10)15/h2-3,7H,1,4-5H2. The second-order valence-corrected chi connectivity index (χ2v) is 6.89. The molecule has 0 aliphatic carbocycles. The van der Waals surface area contributed by atoms with E-state index in [-0.39, 0.29) is 5.91 Å². The van der Waals surface area contributed by atoms with Crippen molar-refractivity contribution < 1.29 is 4.79 Å². The van der Waals surface area contributed by atoms with Gasteiger partial charge in [0.1, 0.15) is 5.40 Å². The van der Waals surface area contributed by atoms with E-state index < -0.39 is 0 Å². The van der Waals surface area contributed by atoms with Crippen LogP contribution in [0.5, 0.6) is 0 Å². The first-order valence-corrected chi connectivity index (χ1v) is 8.59. The third-order valence-electron chi connectivity index (χ3n) is 2.87. The molecule has 1 aliphatic rings. The van der Waals surface area contributed by atoms with E-state index in [1.54, 1.807) is 17.0 Å². The normalized spacial score (nSPS) is 18.7. The average Bonchev–Trinajstić information content (AvgIpc) is 2.75. The number of carbonyl (C=O) groups excluding carboxylic acids is 1. The molecule has 1 fully saturated rings. The van der Waals surface area contributed by atoms with Crippen LogP contribution in [-0.2, 0) is 4.79 Å². The van der Waals surface area contributed by atoms with Gasteiger partial charge in [0.25, 0.3) is 0 Å². The van der Waals surface area contributed by atoms with E-state index in [1.807, 2.05) is 5.40 Å². The van der Waals surface area contributed by atoms with Crippen molar-refractivity contribution in [3.63, 3.8) is 0 Å². The summed E-state index contributed by atoms with van der Waals surface area (Å²) in [5.41, 5.74) is 0.698. The lowest BCUT2D eigenvalue weighted by Crippen LogP contribution is -2.25. The van der Waals surface area contributed by atoms with E-state index in [1.165, 1.54) is 0 Å². The summed E-state index contributed by atoms with van der Waals surface area (Å²) in [5, 5.41) is 12.0. The van der Waals surface area contributed by atoms with E-state index >= 15 is 0 Å². The smallest absolute Gasteiger partial charge is 0.227 e. The van der Waals surface area contributed by atoms with Crippen LogP contribution in [0.4, 0.5) is 5.69 Å². The number of thiocyanates is 1. The van der Waals surface area contributed by atoms with Crippen molar-refractivity contribution >= 4 is 66.8 Å². The predicted molar refractivity (Wildman–Crippen MR) is 84.9 cm³/mol. The van der Waals surface area contributed by atoms with Crippen LogP contribution in [0.25, 0.3) is 0 Å². The summed E-state index contributed by atoms with van der Waals surface area (Å²) in [4.78, 5) is 14.4. The number of halogens is 3. The van der Waals surface area contributed by atoms with Crippen molar-refractivity contribution in [2.45, 2.75) is 11.3 Å². The minimum atomic E-state index is 0.0823. The Labute approximate surface area is 137 Å². The largest absolute Gasteiger partial charge is 0.311 e. The lowest BCUT2D eigenvalue weighted by Gasteiger charge is -2.19. The molecule has 0 spiro atoms. The maximum absolute atomic E-state index is 12.0. The van der Waals surface area contributed by atoms with E-state index in [2.05, 4.69) is 31.9 Å². The SMILES string of the molecule is N#CSc1cc(Cl)c(N2CC(CBr)CC2=O)cc1Br. The third kappa shape index (κ3) is 3.27. The molecule has 0 aromatic heterocycles. The maximum Gasteiger partial charge on any atom is 0.227 e. The van der Waals surface area contributed by atoms with Gasteiger partial charge >= 0.3 is 0 Å². The van der Waals surface area contributed by atoms with Crippen molar-refractivity contribution in [2.75, 3.05) is 16.8 Å². The highest BCUT2D eigenvalue weighted by molar-refractivity contribution is 9.10. The number of benzene rings is 1. The molecule has 19 heavy (non-hydrogen) atoms. The molecule has 100 valence electrons. The van der Waals surface area contributed by atoms with Gasteiger partial charge in [0, 0.05) is 27.7 Å². The van der Waals surface area contributed by atoms with Crippen molar-refractivity contribution in [1.82, 2.24) is 0 Å². The molecule has 2 rings (SSSR count). The summed E-state index contributed by atoms with van der Waals surface area (Å²) in [7, 11) is 0. The van der Waals surface area contributed by atoms with Gasteiger partial charge in [-0.2, -0.15) is 5.26 Å². The fraction of sp³-hybridized carbons (Fsp3) is 0.333. The summed E-state index contributed by atoms with van der Waals surface area (Å²) in [5.74, 6) is 0.398. The Hall–Kier alpha value is -0.220. The van der Waals surface area contributed by atoms with Crippen LogP contribution in [0.1, 0.15) is 6.42 Å². The van der Waals surface area contributed by atoms with Crippen LogP contribution in [-0.4, -0.2) is 17.8 Å². The zero-order valence-electron chi connectivity index (χ0n) is 9.70. The number of alkyl halides is 1. The van der Waals surface area contributed by atoms with Gasteiger partial charge in [0.2, 0.25) is 5.91 Å². The van der Waals surface area contributed by atoms with Crippen molar-refractivity contribution in [2.24, 2.45) is 5.92 Å². The highest BCUT2D eigenvalue weighted by atomic mass is 79.9. The van der Waals surface area contributed by atoms with Crippen molar-refractivity contribution in [3.8, 4) is 5.40 Å². The highest BCUT2D eigenvalue weighted by Crippen LogP contribution is 2.38. The van der Waals surface area contributed by atoms with Crippen LogP contribution in [0.3, 0.4) is 0 Å². The van der Waals surface area contributed by atoms with E-state index in [4.69, 9.17) is 16.9 Å². The topological polar surface area (TPSA) is 44.1 Å². The first kappa shape index (κ1) is 15.2. The van der Waals surface area contributed by atoms with Crippen LogP contribution in [0.15, 0.2) is 21.5 Å². The number of nitriles is 1. The summed E-state index contributed by atoms with van der Waals surface area (Å²) < 4.78 is 0.772. The Morgan fingerprint density at radius 3 is 2.89 bits per heavy atom. The van der Waals surface area contributed by atoms with Crippen LogP contribution in [0.2, 0.25) is 5.02 Å². The van der Waals surface area contributed by atoms with Crippen LogP contribution in [0, 0.1) is 16.6 Å². The zero-order chi connectivity index (χ0) is 14.0. The second kappa shape index (κ2) is 6.49. The number of nitrogens with zero attached hydrogens (tertiary/aromatic N) is 2. The van der Waals surface area contributed by atoms with E-state index in [0.717, 1.165) is 26.5 Å². The second-order valence-electron chi connectivity index (χ2n) is 4.16. The van der Waals surface area contributed by atoms with Crippen molar-refractivity contribution in [1.29, 1.82) is 5.26 Å². The highest BCUT2D eigenvalue weighted by Gasteiger charge is 2.31. The molecule has 1 atom stereocenters. The van der Waals surface area contributed by atoms with E-state index in [0.29, 0.717) is 29.6 Å². The lowest BCUT2D eigenvalue weighted by atomic mass is 10.2. The van der Waals surface area contributed by atoms with Gasteiger partial charge in [-0.1, -0.05) is 27.5 Å². The lowest BCUT2D eigenvalue weighted by molar-refractivity contribution is -0.117. The molecule has 1 aliphatic heterocycles. The molecule has 1 amide bonds. The minimum absolute atomic E-state index is 0.0823. The van der Waals surface area contributed by atoms with Gasteiger partial charge in [-0.05, 0) is 45.7 Å². The number of thioether (sulfide) groups is 1. The van der Waals surface area contributed by atoms with Crippen LogP contribution >= 0.6 is 55.2 Å². The van der Waals surface area contributed by atoms with Gasteiger partial charge < -0.3 is 4.90 Å². The molecule has 1 aromatic rings. The Kier molecular flexibility index (Phi) is 5.18. The fourth-order valence-corrected chi connectivity index (χ4v) is 3.74. The third-order valence-corrected chi connectivity index (χ3v) is 5.66. The molecule has 1 heterocycles. The van der Waals surface area contributed by atoms with Gasteiger partial charge in [-0.25, -0.2) is 0 Å². The van der Waals surface area contributed by atoms with Gasteiger partial charge in [-0.15, -0.1) is 0 Å². The molecular formula is C12H9Br2ClN2OS. The molecule has 3 nitrogen and oxygen atoms in total. The Morgan fingerprint density at radius 2 is 2.32 bits per heavy atom. The molecular weight excluding hydrogens is 415 g/mol. The molecule has 0 radical (unpaired) electrons. The number of carbonyl (C=O) groups is 1. The average molecular weight is 425 g/mol. The Bertz CT molecular complexity index is 561. The van der Waals surface area contributed by atoms with Gasteiger partial charge in [0.15, 0.2) is 0 Å². The minimum Gasteiger partial charge on any atom is -0.311 e. The van der Waals surface area contributed by atoms with Gasteiger partial charge in [-0.3, -0.25) is 4.79 Å². The van der Waals surface area contributed by atoms with Gasteiger partial charge in [0.05, 0.1) is 10.7 Å². The first-order valence-electron chi connectivity index (χ1n) is 5.48. The number of hydrogen-bond acceptors (Lipinski definition) is 3. The molecule has 0 bridgehead atoms. The Morgan fingerprint density at radius 1 is 1.58 bits per heavy atom. The van der Waals surface area contributed by atoms with Crippen LogP contribution < -0.4 is 4.90 Å². The first-order chi connectivity index (χ1) is 9.06. The summed E-state index contributed by atoms with van der Waals surface area (Å²) in [6, 6.07) is 3.51. The number of anilines is 1. The zero-order valence-corrected chi connectivity index (χ0v) is 14.4. The van der Waals surface area contributed by atoms with Crippen molar-refractivity contribution in [3.05, 3.63) is 21.6 Å². The molecule has 0 saturated carbocycles. The fourth-order valence-electron chi connectivity index (χ4n) is 1.97. The summed E-state index contributed by atoms with van der Waals surface area (Å²) in [6.45, 7) is 0.668. The molecule has 1 unspecified atom stereocenters. The Balaban J connectivity index is 2.34. The monoisotopic (exact) mass is 422 g/mol. The molecule has 1 aromatic carbocycles. The summed E-state index contributed by atoms with van der Waals surface area (Å²) >= 11 is 14.1. The molecule has 0 N–H and O–H groups in total. The number of hydrogen-bond donors (Lipinski definition) is 0. The van der Waals surface area contributed by atoms with E-state index in [9.17, 15) is 4.79 Å². The summed E-state index contributed by atoms with van der Waals surface area (Å²) in [6.07, 6.45) is 0.536. The number of rotatable bonds is 3. The number of amides is 1.